The molecule has 0 bridgehead atoms. The van der Waals surface area contributed by atoms with Gasteiger partial charge in [0, 0.05) is 14.2 Å². The molecule has 0 spiro atoms. The van der Waals surface area contributed by atoms with Gasteiger partial charge in [-0.05, 0) is 22.6 Å². The molecule has 0 saturated heterocycles. The number of nitrogens with two attached hydrogens (primary N) is 1. The van der Waals surface area contributed by atoms with E-state index in [9.17, 15) is 0 Å². The van der Waals surface area contributed by atoms with E-state index in [0.717, 1.165) is 9.09 Å². The fourth-order valence-electron chi connectivity index (χ4n) is 1.50. The van der Waals surface area contributed by atoms with Crippen molar-refractivity contribution in [1.29, 1.82) is 0 Å². The van der Waals surface area contributed by atoms with E-state index >= 15 is 0 Å². The Hall–Kier alpha value is -1.00. The molecule has 0 fully saturated rings. The summed E-state index contributed by atoms with van der Waals surface area (Å²) in [6.07, 6.45) is 1.05. The van der Waals surface area contributed by atoms with Crippen LogP contribution in [0.3, 0.4) is 0 Å². The van der Waals surface area contributed by atoms with Crippen LogP contribution in [0, 0.1) is 3.70 Å². The summed E-state index contributed by atoms with van der Waals surface area (Å²) in [5, 5.41) is 5.11. The molecule has 17 heavy (non-hydrogen) atoms. The number of nitrogen functional groups attached to an aromatic ring is 1. The molecule has 2 rings (SSSR count). The Kier molecular flexibility index (Phi) is 3.74. The zero-order valence-corrected chi connectivity index (χ0v) is 11.6. The molecule has 92 valence electrons. The van der Waals surface area contributed by atoms with E-state index in [0.29, 0.717) is 18.0 Å². The lowest BCUT2D eigenvalue weighted by atomic mass is 10.4. The average molecular weight is 349 g/mol. The van der Waals surface area contributed by atoms with Crippen LogP contribution in [0.5, 0.6) is 0 Å². The van der Waals surface area contributed by atoms with Crippen molar-refractivity contribution in [3.63, 3.8) is 0 Å². The Labute approximate surface area is 111 Å². The first-order chi connectivity index (χ1) is 8.17. The molecule has 0 aliphatic rings. The summed E-state index contributed by atoms with van der Waals surface area (Å²) in [4.78, 5) is 8.12. The molecule has 2 aromatic rings. The van der Waals surface area contributed by atoms with Crippen LogP contribution >= 0.6 is 22.6 Å². The van der Waals surface area contributed by atoms with E-state index in [1.807, 2.05) is 0 Å². The van der Waals surface area contributed by atoms with Crippen LogP contribution in [0.1, 0.15) is 0 Å². The number of rotatable bonds is 4. The van der Waals surface area contributed by atoms with Crippen LogP contribution in [0.2, 0.25) is 0 Å². The average Bonchev–Trinajstić information content (AvgIpc) is 2.64. The van der Waals surface area contributed by atoms with E-state index in [2.05, 4.69) is 37.7 Å². The van der Waals surface area contributed by atoms with E-state index in [1.54, 1.807) is 18.9 Å². The lowest BCUT2D eigenvalue weighted by molar-refractivity contribution is -0.112. The monoisotopic (exact) mass is 349 g/mol. The number of ether oxygens (including phenoxy) is 2. The molecular weight excluding hydrogens is 337 g/mol. The van der Waals surface area contributed by atoms with Crippen molar-refractivity contribution < 1.29 is 9.47 Å². The molecule has 2 heterocycles. The molecule has 0 aliphatic heterocycles. The second kappa shape index (κ2) is 5.10. The van der Waals surface area contributed by atoms with Crippen LogP contribution < -0.4 is 5.73 Å². The van der Waals surface area contributed by atoms with Crippen molar-refractivity contribution in [3.8, 4) is 0 Å². The van der Waals surface area contributed by atoms with Crippen LogP contribution in [0.25, 0.3) is 11.0 Å². The Morgan fingerprint density at radius 3 is 2.76 bits per heavy atom. The van der Waals surface area contributed by atoms with Crippen molar-refractivity contribution in [1.82, 2.24) is 19.7 Å². The molecule has 2 N–H and O–H groups in total. The Balaban J connectivity index is 2.45. The maximum Gasteiger partial charge on any atom is 0.176 e. The Morgan fingerprint density at radius 1 is 1.41 bits per heavy atom. The minimum atomic E-state index is -0.370. The molecule has 0 saturated carbocycles. The second-order valence-corrected chi connectivity index (χ2v) is 4.35. The largest absolute Gasteiger partial charge is 0.383 e. The lowest BCUT2D eigenvalue weighted by Gasteiger charge is -2.13. The van der Waals surface area contributed by atoms with E-state index < -0.39 is 0 Å². The van der Waals surface area contributed by atoms with Gasteiger partial charge in [-0.25, -0.2) is 14.6 Å². The first-order valence-corrected chi connectivity index (χ1v) is 5.93. The highest BCUT2D eigenvalue weighted by Crippen LogP contribution is 2.22. The standard InChI is InChI=1S/C9H12IN5O2/c1-16-5(17-2)3-15-9-6(7(10)14-15)8(11)12-4-13-9/h4-5H,3H2,1-2H3,(H2,11,12,13). The normalized spacial score (nSPS) is 11.5. The topological polar surface area (TPSA) is 88.1 Å². The number of hydrogen-bond acceptors (Lipinski definition) is 6. The third kappa shape index (κ3) is 2.33. The Morgan fingerprint density at radius 2 is 2.12 bits per heavy atom. The number of hydrogen-bond donors (Lipinski definition) is 1. The molecule has 0 unspecified atom stereocenters. The van der Waals surface area contributed by atoms with Gasteiger partial charge in [0.15, 0.2) is 11.9 Å². The smallest absolute Gasteiger partial charge is 0.176 e. The van der Waals surface area contributed by atoms with Gasteiger partial charge in [-0.3, -0.25) is 0 Å². The van der Waals surface area contributed by atoms with E-state index in [-0.39, 0.29) is 6.29 Å². The molecule has 0 amide bonds. The van der Waals surface area contributed by atoms with Gasteiger partial charge < -0.3 is 15.2 Å². The third-order valence-electron chi connectivity index (χ3n) is 2.36. The van der Waals surface area contributed by atoms with Gasteiger partial charge in [-0.2, -0.15) is 5.10 Å². The molecule has 0 aromatic carbocycles. The highest BCUT2D eigenvalue weighted by Gasteiger charge is 2.16. The van der Waals surface area contributed by atoms with Crippen LogP contribution in [0.15, 0.2) is 6.33 Å². The zero-order valence-electron chi connectivity index (χ0n) is 9.42. The fraction of sp³-hybridized carbons (Fsp3) is 0.444. The number of aromatic nitrogens is 4. The van der Waals surface area contributed by atoms with E-state index in [1.165, 1.54) is 6.33 Å². The number of methoxy groups -OCH3 is 2. The molecule has 2 aromatic heterocycles. The number of nitrogens with zero attached hydrogens (tertiary/aromatic N) is 4. The second-order valence-electron chi connectivity index (χ2n) is 3.33. The van der Waals surface area contributed by atoms with Gasteiger partial charge in [-0.1, -0.05) is 0 Å². The summed E-state index contributed by atoms with van der Waals surface area (Å²) in [5.74, 6) is 0.428. The van der Waals surface area contributed by atoms with Crippen molar-refractivity contribution in [2.45, 2.75) is 12.8 Å². The quantitative estimate of drug-likeness (QED) is 0.644. The number of halogens is 1. The first kappa shape index (κ1) is 12.5. The maximum atomic E-state index is 5.79. The molecule has 0 radical (unpaired) electrons. The van der Waals surface area contributed by atoms with Crippen LogP contribution in [-0.2, 0) is 16.0 Å². The summed E-state index contributed by atoms with van der Waals surface area (Å²) < 4.78 is 12.7. The number of anilines is 1. The summed E-state index contributed by atoms with van der Waals surface area (Å²) >= 11 is 2.10. The van der Waals surface area contributed by atoms with Gasteiger partial charge in [0.05, 0.1) is 11.9 Å². The lowest BCUT2D eigenvalue weighted by Crippen LogP contribution is -2.21. The SMILES string of the molecule is COC(Cn1nc(I)c2c(N)ncnc21)OC. The summed E-state index contributed by atoms with van der Waals surface area (Å²) in [5.41, 5.74) is 6.48. The van der Waals surface area contributed by atoms with Crippen molar-refractivity contribution >= 4 is 39.4 Å². The minimum absolute atomic E-state index is 0.370. The predicted octanol–water partition coefficient (Wildman–Crippen LogP) is 0.632. The van der Waals surface area contributed by atoms with E-state index in [4.69, 9.17) is 15.2 Å². The van der Waals surface area contributed by atoms with Crippen molar-refractivity contribution in [3.05, 3.63) is 10.0 Å². The summed E-state index contributed by atoms with van der Waals surface area (Å²) in [6.45, 7) is 0.447. The van der Waals surface area contributed by atoms with Crippen molar-refractivity contribution in [2.75, 3.05) is 20.0 Å². The van der Waals surface area contributed by atoms with Gasteiger partial charge in [0.1, 0.15) is 15.8 Å². The molecular formula is C9H12IN5O2. The summed E-state index contributed by atoms with van der Waals surface area (Å²) in [6, 6.07) is 0. The van der Waals surface area contributed by atoms with Gasteiger partial charge in [0.25, 0.3) is 0 Å². The number of fused-ring (bicyclic) bond motifs is 1. The summed E-state index contributed by atoms with van der Waals surface area (Å²) in [7, 11) is 3.16. The fourth-order valence-corrected chi connectivity index (χ4v) is 2.28. The maximum absolute atomic E-state index is 5.79. The van der Waals surface area contributed by atoms with Gasteiger partial charge in [-0.15, -0.1) is 0 Å². The zero-order chi connectivity index (χ0) is 12.4. The molecule has 7 nitrogen and oxygen atoms in total. The first-order valence-electron chi connectivity index (χ1n) is 4.85. The van der Waals surface area contributed by atoms with Gasteiger partial charge in [0.2, 0.25) is 0 Å². The minimum Gasteiger partial charge on any atom is -0.383 e. The predicted molar refractivity (Wildman–Crippen MR) is 70.3 cm³/mol. The van der Waals surface area contributed by atoms with Crippen LogP contribution in [0.4, 0.5) is 5.82 Å². The van der Waals surface area contributed by atoms with Gasteiger partial charge >= 0.3 is 0 Å². The third-order valence-corrected chi connectivity index (χ3v) is 3.12. The van der Waals surface area contributed by atoms with Crippen LogP contribution in [-0.4, -0.2) is 40.3 Å². The Bertz CT molecular complexity index is 525. The van der Waals surface area contributed by atoms with Crippen molar-refractivity contribution in [2.24, 2.45) is 0 Å². The highest BCUT2D eigenvalue weighted by molar-refractivity contribution is 14.1. The molecule has 0 atom stereocenters. The highest BCUT2D eigenvalue weighted by atomic mass is 127. The molecule has 0 aliphatic carbocycles. The molecule has 8 heteroatoms.